The summed E-state index contributed by atoms with van der Waals surface area (Å²) < 4.78 is 27.8. The van der Waals surface area contributed by atoms with Gasteiger partial charge in [-0.15, -0.1) is 0 Å². The molecule has 2 aromatic carbocycles. The molecular weight excluding hydrogens is 1320 g/mol. The summed E-state index contributed by atoms with van der Waals surface area (Å²) in [4.78, 5) is 161. The minimum Gasteiger partial charge on any atom is -0.500 e. The van der Waals surface area contributed by atoms with Gasteiger partial charge in [-0.05, 0) is 106 Å². The van der Waals surface area contributed by atoms with E-state index in [1.54, 1.807) is 78.8 Å². The van der Waals surface area contributed by atoms with Crippen LogP contribution in [0, 0.1) is 11.7 Å². The quantitative estimate of drug-likeness (QED) is 0.0246. The Kier molecular flexibility index (Phi) is 25.6. The minimum absolute atomic E-state index is 0.0385. The predicted molar refractivity (Wildman–Crippen MR) is 375 cm³/mol. The van der Waals surface area contributed by atoms with Crippen molar-refractivity contribution < 1.29 is 66.6 Å². The van der Waals surface area contributed by atoms with Crippen molar-refractivity contribution in [2.75, 3.05) is 106 Å². The fraction of sp³-hybridized carbons (Fsp3) is 0.542. The third kappa shape index (κ3) is 18.9. The van der Waals surface area contributed by atoms with E-state index >= 15 is 9.18 Å². The van der Waals surface area contributed by atoms with Crippen molar-refractivity contribution >= 4 is 87.9 Å². The summed E-state index contributed by atoms with van der Waals surface area (Å²) >= 11 is 0. The molecule has 102 heavy (non-hydrogen) atoms. The number of likely N-dealkylation sites (N-methyl/N-ethyl adjacent to an activating group) is 1. The van der Waals surface area contributed by atoms with Crippen molar-refractivity contribution in [1.29, 1.82) is 0 Å². The molecule has 5 aliphatic heterocycles. The number of halogens is 1. The van der Waals surface area contributed by atoms with Gasteiger partial charge in [0.1, 0.15) is 59.4 Å². The van der Waals surface area contributed by atoms with Crippen molar-refractivity contribution in [2.45, 2.75) is 157 Å². The van der Waals surface area contributed by atoms with Gasteiger partial charge >= 0.3 is 0 Å². The molecule has 0 bridgehead atoms. The van der Waals surface area contributed by atoms with E-state index in [0.717, 1.165) is 50.0 Å². The number of anilines is 4. The van der Waals surface area contributed by atoms with Gasteiger partial charge in [-0.1, -0.05) is 68.7 Å². The van der Waals surface area contributed by atoms with Crippen LogP contribution in [0.15, 0.2) is 90.9 Å². The lowest BCUT2D eigenvalue weighted by molar-refractivity contribution is -0.137. The number of carbonyl (C=O) groups is 11. The van der Waals surface area contributed by atoms with Crippen LogP contribution in [0.4, 0.5) is 27.3 Å². The molecule has 11 amide bonds. The zero-order valence-corrected chi connectivity index (χ0v) is 58.2. The number of carbonyl (C=O) groups excluding carboxylic acids is 11. The average Bonchev–Trinajstić information content (AvgIpc) is 1.07. The van der Waals surface area contributed by atoms with Gasteiger partial charge in [0, 0.05) is 95.0 Å². The maximum atomic E-state index is 15.7. The number of allylic oxidation sites excluding steroid dienone is 2. The van der Waals surface area contributed by atoms with Crippen molar-refractivity contribution in [2.24, 2.45) is 11.7 Å². The van der Waals surface area contributed by atoms with Crippen LogP contribution in [-0.2, 0) is 68.6 Å². The molecule has 548 valence electrons. The molecule has 4 fully saturated rings. The Bertz CT molecular complexity index is 3670. The molecule has 29 nitrogen and oxygen atoms in total. The number of rotatable bonds is 32. The van der Waals surface area contributed by atoms with E-state index in [0.29, 0.717) is 118 Å². The molecule has 0 radical (unpaired) electrons. The number of benzene rings is 2. The van der Waals surface area contributed by atoms with E-state index in [1.165, 1.54) is 25.3 Å². The zero-order chi connectivity index (χ0) is 72.5. The molecule has 2 aliphatic carbocycles. The molecule has 30 heteroatoms. The molecule has 10 N–H and O–H groups in total. The zero-order valence-electron chi connectivity index (χ0n) is 58.2. The maximum absolute atomic E-state index is 15.7. The molecule has 5 atom stereocenters. The summed E-state index contributed by atoms with van der Waals surface area (Å²) in [6.07, 6.45) is 18.7. The van der Waals surface area contributed by atoms with Crippen molar-refractivity contribution in [1.82, 2.24) is 57.0 Å². The van der Waals surface area contributed by atoms with Crippen LogP contribution in [0.5, 0.6) is 0 Å². The summed E-state index contributed by atoms with van der Waals surface area (Å²) in [5.41, 5.74) is 6.96. The van der Waals surface area contributed by atoms with Crippen LogP contribution in [0.3, 0.4) is 0 Å². The van der Waals surface area contributed by atoms with Crippen LogP contribution in [0.25, 0.3) is 0 Å². The Labute approximate surface area is 592 Å². The number of hydrogen-bond donors (Lipinski definition) is 9. The Morgan fingerprint density at radius 1 is 0.814 bits per heavy atom. The lowest BCUT2D eigenvalue weighted by atomic mass is 9.76. The number of piperidine rings is 3. The fourth-order valence-corrected chi connectivity index (χ4v) is 14.6. The van der Waals surface area contributed by atoms with E-state index in [2.05, 4.69) is 52.3 Å². The summed E-state index contributed by atoms with van der Waals surface area (Å²) in [6.45, 7) is 3.88. The third-order valence-corrected chi connectivity index (χ3v) is 20.4. The van der Waals surface area contributed by atoms with Crippen LogP contribution in [0.1, 0.15) is 127 Å². The highest BCUT2D eigenvalue weighted by molar-refractivity contribution is 6.13. The minimum atomic E-state index is -1.78. The second-order valence-electron chi connectivity index (χ2n) is 27.3. The smallest absolute Gasteiger partial charge is 0.253 e. The first-order chi connectivity index (χ1) is 49.1. The standard InChI is InChI=1S/C72H95FN16O13/c1-4-53-69(99)85(2)55-40-77-65(83-66(55)89(53)49-16-10-11-17-49)64-56(101-3)18-13-28-72(64,74)70(100)84-71(29-35-86(36-30-71)44-47-26-33-87(34-27-47)54-22-20-48(39-50(54)73)80-51-21-23-58(91)82-68(51)98)31-37-102-45-79-60(93)42-78-67(97)52(38-46-14-7-5-8-15-46)81-61(94)43-76-59(92)41-75-57(90)19-9-6-12-32-88-62(95)24-25-63(88)96/h5,7-8,13-15,18,20,22,24-25,28,39-40,47,49,51-53,64,80H,4,6,9-12,16-17,19,21,23,26-27,29-38,41-45,74H2,1-3H3,(H,75,90)(H,76,92)(H,78,97)(H,79,93)(H,81,94)(H,84,100)(H,82,91,98)/t51?,52-,53?,64?,72?/m0/s1. The van der Waals surface area contributed by atoms with Gasteiger partial charge in [-0.2, -0.15) is 0 Å². The molecule has 3 saturated heterocycles. The topological polar surface area (TPSA) is 370 Å². The predicted octanol–water partition coefficient (Wildman–Crippen LogP) is 2.13. The first kappa shape index (κ1) is 75.0. The Morgan fingerprint density at radius 2 is 1.52 bits per heavy atom. The second kappa shape index (κ2) is 34.8. The maximum Gasteiger partial charge on any atom is 0.253 e. The highest BCUT2D eigenvalue weighted by Gasteiger charge is 2.51. The molecule has 10 rings (SSSR count). The monoisotopic (exact) mass is 1410 g/mol. The number of imide groups is 2. The molecule has 6 heterocycles. The number of likely N-dealkylation sites (tertiary alicyclic amines) is 1. The number of methoxy groups -OCH3 is 1. The fourth-order valence-electron chi connectivity index (χ4n) is 14.6. The number of nitrogens with two attached hydrogens (primary N) is 1. The Hall–Kier alpha value is -9.68. The molecule has 4 unspecified atom stereocenters. The number of hydrogen-bond acceptors (Lipinski definition) is 20. The van der Waals surface area contributed by atoms with Gasteiger partial charge in [0.05, 0.1) is 45.2 Å². The summed E-state index contributed by atoms with van der Waals surface area (Å²) in [5, 5.41) is 21.6. The molecule has 1 saturated carbocycles. The number of nitrogens with one attached hydrogen (secondary N) is 8. The number of unbranched alkanes of at least 4 members (excludes halogenated alkanes) is 2. The SMILES string of the molecule is CCC1C(=O)N(C)c2cnc(C3C(OC)=CC=CC3(N)C(=O)NC3(CCOCNC(=O)CNC(=O)[C@H](Cc4ccccc4)NC(=O)CNC(=O)CNC(=O)CCCCCN4C(=O)C=CC4=O)CCN(CC4CCN(c5ccc(NC6CCC(=O)NC6=O)cc5F)CC4)CC3)nc2N1C1CCCC1. The molecule has 7 aliphatic rings. The van der Waals surface area contributed by atoms with Gasteiger partial charge in [0.2, 0.25) is 53.2 Å². The first-order valence-electron chi connectivity index (χ1n) is 35.5. The largest absolute Gasteiger partial charge is 0.500 e. The molecule has 0 spiro atoms. The number of ether oxygens (including phenoxy) is 2. The molecule has 1 aromatic heterocycles. The third-order valence-electron chi connectivity index (χ3n) is 20.4. The van der Waals surface area contributed by atoms with Crippen molar-refractivity contribution in [3.8, 4) is 0 Å². The van der Waals surface area contributed by atoms with E-state index in [9.17, 15) is 47.9 Å². The summed E-state index contributed by atoms with van der Waals surface area (Å²) in [6, 6.07) is 11.6. The van der Waals surface area contributed by atoms with Crippen molar-refractivity contribution in [3.05, 3.63) is 108 Å². The van der Waals surface area contributed by atoms with Gasteiger partial charge < -0.3 is 72.0 Å². The number of nitrogens with zero attached hydrogens (tertiary/aromatic N) is 7. The van der Waals surface area contributed by atoms with Crippen LogP contribution < -0.4 is 63.0 Å². The van der Waals surface area contributed by atoms with Gasteiger partial charge in [0.25, 0.3) is 11.8 Å². The number of fused-ring (bicyclic) bond motifs is 1. The van der Waals surface area contributed by atoms with Gasteiger partial charge in [-0.3, -0.25) is 63.0 Å². The summed E-state index contributed by atoms with van der Waals surface area (Å²) in [5.74, 6) is -4.94. The lowest BCUT2D eigenvalue weighted by Gasteiger charge is -2.46. The van der Waals surface area contributed by atoms with Gasteiger partial charge in [-0.25, -0.2) is 14.4 Å². The average molecular weight is 1410 g/mol. The van der Waals surface area contributed by atoms with Crippen LogP contribution >= 0.6 is 0 Å². The van der Waals surface area contributed by atoms with Gasteiger partial charge in [0.15, 0.2) is 5.82 Å². The van der Waals surface area contributed by atoms with E-state index in [1.807, 2.05) is 11.8 Å². The Balaban J connectivity index is 0.742. The number of aromatic nitrogens is 2. The van der Waals surface area contributed by atoms with Crippen molar-refractivity contribution in [3.63, 3.8) is 0 Å². The molecular formula is C72H95FN16O13. The summed E-state index contributed by atoms with van der Waals surface area (Å²) in [7, 11) is 3.23. The molecule has 3 aromatic rings. The second-order valence-corrected chi connectivity index (χ2v) is 27.3. The highest BCUT2D eigenvalue weighted by atomic mass is 19.1. The normalized spacial score (nSPS) is 21.8. The lowest BCUT2D eigenvalue weighted by Crippen LogP contribution is -2.65. The number of amides is 11. The van der Waals surface area contributed by atoms with E-state index in [4.69, 9.17) is 25.2 Å². The van der Waals surface area contributed by atoms with Crippen LogP contribution in [-0.4, -0.2) is 206 Å². The first-order valence-corrected chi connectivity index (χ1v) is 35.5. The highest BCUT2D eigenvalue weighted by Crippen LogP contribution is 2.44. The Morgan fingerprint density at radius 3 is 2.23 bits per heavy atom. The van der Waals surface area contributed by atoms with E-state index in [-0.39, 0.29) is 74.6 Å². The van der Waals surface area contributed by atoms with E-state index < -0.39 is 102 Å². The van der Waals surface area contributed by atoms with Crippen LogP contribution in [0.2, 0.25) is 0 Å².